The zero-order valence-electron chi connectivity index (χ0n) is 33.5. The van der Waals surface area contributed by atoms with Gasteiger partial charge in [-0.3, -0.25) is 0 Å². The molecule has 9 aromatic carbocycles. The average molecular weight is 806 g/mol. The van der Waals surface area contributed by atoms with Crippen LogP contribution in [0.15, 0.2) is 222 Å². The summed E-state index contributed by atoms with van der Waals surface area (Å²) in [4.78, 5) is 18.1. The molecule has 288 valence electrons. The van der Waals surface area contributed by atoms with Crippen molar-refractivity contribution < 1.29 is 0 Å². The molecule has 1 aliphatic heterocycles. The van der Waals surface area contributed by atoms with Crippen LogP contribution in [0.1, 0.15) is 22.3 Å². The van der Waals surface area contributed by atoms with Crippen molar-refractivity contribution in [2.45, 2.75) is 15.2 Å². The Balaban J connectivity index is 1.04. The SMILES string of the molecule is c1ccc(-c2nc(-c3ccc(-c4ccc5nc(-c6ccccc6)c6ccc7c(c6c5c4)Sc4ccccc4C74c5ccccc5-c5ccccc54)cc3)c3ccccc3n2)cc1. The predicted molar refractivity (Wildman–Crippen MR) is 256 cm³/mol. The number of benzene rings is 9. The van der Waals surface area contributed by atoms with Gasteiger partial charge in [0.1, 0.15) is 0 Å². The van der Waals surface area contributed by atoms with Gasteiger partial charge in [-0.05, 0) is 68.8 Å². The molecule has 0 atom stereocenters. The van der Waals surface area contributed by atoms with E-state index in [1.54, 1.807) is 0 Å². The topological polar surface area (TPSA) is 38.7 Å². The first-order valence-electron chi connectivity index (χ1n) is 21.1. The van der Waals surface area contributed by atoms with Gasteiger partial charge in [-0.15, -0.1) is 0 Å². The summed E-state index contributed by atoms with van der Waals surface area (Å²) in [6, 6.07) is 76.7. The summed E-state index contributed by atoms with van der Waals surface area (Å²) in [5.74, 6) is 0.724. The van der Waals surface area contributed by atoms with E-state index in [1.165, 1.54) is 48.6 Å². The van der Waals surface area contributed by atoms with Crippen LogP contribution in [0.25, 0.3) is 88.7 Å². The molecule has 2 aromatic heterocycles. The van der Waals surface area contributed by atoms with Crippen molar-refractivity contribution in [1.82, 2.24) is 15.0 Å². The molecule has 13 rings (SSSR count). The Kier molecular flexibility index (Phi) is 7.75. The van der Waals surface area contributed by atoms with E-state index >= 15 is 0 Å². The maximum absolute atomic E-state index is 5.46. The van der Waals surface area contributed by atoms with Gasteiger partial charge in [0.15, 0.2) is 5.82 Å². The number of fused-ring (bicyclic) bond motifs is 14. The quantitative estimate of drug-likeness (QED) is 0.166. The molecule has 0 radical (unpaired) electrons. The fraction of sp³-hybridized carbons (Fsp3) is 0.0172. The molecule has 0 saturated carbocycles. The second-order valence-corrected chi connectivity index (χ2v) is 17.3. The van der Waals surface area contributed by atoms with Crippen LogP contribution >= 0.6 is 11.8 Å². The van der Waals surface area contributed by atoms with Gasteiger partial charge in [0.05, 0.1) is 27.8 Å². The molecule has 3 heterocycles. The highest BCUT2D eigenvalue weighted by Gasteiger charge is 2.50. The highest BCUT2D eigenvalue weighted by molar-refractivity contribution is 7.99. The largest absolute Gasteiger partial charge is 0.247 e. The van der Waals surface area contributed by atoms with E-state index in [1.807, 2.05) is 36.0 Å². The van der Waals surface area contributed by atoms with Crippen molar-refractivity contribution in [3.05, 3.63) is 235 Å². The molecular formula is C58H35N3S. The fourth-order valence-corrected chi connectivity index (χ4v) is 11.6. The Morgan fingerprint density at radius 3 is 1.66 bits per heavy atom. The van der Waals surface area contributed by atoms with Crippen LogP contribution in [0, 0.1) is 0 Å². The third-order valence-electron chi connectivity index (χ3n) is 12.9. The molecular weight excluding hydrogens is 771 g/mol. The van der Waals surface area contributed by atoms with Gasteiger partial charge in [-0.25, -0.2) is 15.0 Å². The second-order valence-electron chi connectivity index (χ2n) is 16.2. The van der Waals surface area contributed by atoms with Crippen LogP contribution in [-0.4, -0.2) is 15.0 Å². The minimum Gasteiger partial charge on any atom is -0.247 e. The van der Waals surface area contributed by atoms with E-state index in [4.69, 9.17) is 15.0 Å². The third kappa shape index (κ3) is 5.11. The molecule has 0 bridgehead atoms. The first kappa shape index (κ1) is 35.1. The van der Waals surface area contributed by atoms with E-state index in [-0.39, 0.29) is 0 Å². The standard InChI is InChI=1S/C58H35N3S/c1-3-15-37(16-4-1)55-44-32-33-49-56(62-52-26-14-12-24-48(52)58(49)46-22-10-7-19-41(46)42-20-8-11-23-47(42)58)53(44)45-35-40(31-34-51(45)59-55)36-27-29-38(30-28-36)54-43-21-9-13-25-50(43)60-57(61-54)39-17-5-2-6-18-39/h1-35H. The van der Waals surface area contributed by atoms with E-state index in [2.05, 4.69) is 188 Å². The molecule has 62 heavy (non-hydrogen) atoms. The lowest BCUT2D eigenvalue weighted by molar-refractivity contribution is 0.726. The second kappa shape index (κ2) is 13.7. The normalized spacial score (nSPS) is 13.2. The first-order valence-corrected chi connectivity index (χ1v) is 21.9. The molecule has 3 nitrogen and oxygen atoms in total. The van der Waals surface area contributed by atoms with Crippen molar-refractivity contribution in [3.8, 4) is 56.2 Å². The molecule has 1 aliphatic carbocycles. The van der Waals surface area contributed by atoms with Gasteiger partial charge in [0.25, 0.3) is 0 Å². The van der Waals surface area contributed by atoms with Crippen molar-refractivity contribution in [2.75, 3.05) is 0 Å². The van der Waals surface area contributed by atoms with E-state index in [0.29, 0.717) is 0 Å². The molecule has 0 N–H and O–H groups in total. The van der Waals surface area contributed by atoms with Crippen LogP contribution in [0.5, 0.6) is 0 Å². The van der Waals surface area contributed by atoms with Crippen LogP contribution in [0.4, 0.5) is 0 Å². The smallest absolute Gasteiger partial charge is 0.160 e. The van der Waals surface area contributed by atoms with Crippen molar-refractivity contribution in [3.63, 3.8) is 0 Å². The first-order chi connectivity index (χ1) is 30.7. The van der Waals surface area contributed by atoms with Crippen molar-refractivity contribution >= 4 is 44.3 Å². The van der Waals surface area contributed by atoms with E-state index in [0.717, 1.165) is 72.2 Å². The summed E-state index contributed by atoms with van der Waals surface area (Å²) in [5, 5.41) is 4.58. The highest BCUT2D eigenvalue weighted by atomic mass is 32.2. The van der Waals surface area contributed by atoms with Crippen molar-refractivity contribution in [2.24, 2.45) is 0 Å². The molecule has 0 saturated heterocycles. The van der Waals surface area contributed by atoms with Crippen LogP contribution in [0.2, 0.25) is 0 Å². The van der Waals surface area contributed by atoms with Crippen LogP contribution in [0.3, 0.4) is 0 Å². The molecule has 1 spiro atoms. The van der Waals surface area contributed by atoms with Gasteiger partial charge in [-0.1, -0.05) is 200 Å². The lowest BCUT2D eigenvalue weighted by Crippen LogP contribution is -2.32. The number of para-hydroxylation sites is 1. The molecule has 0 unspecified atom stereocenters. The van der Waals surface area contributed by atoms with Gasteiger partial charge in [0.2, 0.25) is 0 Å². The Bertz CT molecular complexity index is 3550. The number of nitrogens with zero attached hydrogens (tertiary/aromatic N) is 3. The third-order valence-corrected chi connectivity index (χ3v) is 14.1. The lowest BCUT2D eigenvalue weighted by atomic mass is 9.67. The summed E-state index contributed by atoms with van der Waals surface area (Å²) < 4.78 is 0. The number of hydrogen-bond donors (Lipinski definition) is 0. The Morgan fingerprint density at radius 1 is 0.339 bits per heavy atom. The van der Waals surface area contributed by atoms with Crippen LogP contribution in [-0.2, 0) is 5.41 Å². The molecule has 0 amide bonds. The number of pyridine rings is 1. The summed E-state index contributed by atoms with van der Waals surface area (Å²) in [6.45, 7) is 0. The summed E-state index contributed by atoms with van der Waals surface area (Å²) in [7, 11) is 0. The van der Waals surface area contributed by atoms with Gasteiger partial charge >= 0.3 is 0 Å². The van der Waals surface area contributed by atoms with Crippen LogP contribution < -0.4 is 0 Å². The monoisotopic (exact) mass is 805 g/mol. The van der Waals surface area contributed by atoms with Gasteiger partial charge in [0, 0.05) is 48.0 Å². The molecule has 2 aliphatic rings. The number of rotatable bonds is 4. The molecule has 11 aromatic rings. The summed E-state index contributed by atoms with van der Waals surface area (Å²) in [5.41, 5.74) is 16.7. The summed E-state index contributed by atoms with van der Waals surface area (Å²) in [6.07, 6.45) is 0. The Morgan fingerprint density at radius 2 is 0.903 bits per heavy atom. The summed E-state index contributed by atoms with van der Waals surface area (Å²) >= 11 is 1.90. The zero-order valence-corrected chi connectivity index (χ0v) is 34.3. The minimum atomic E-state index is -0.472. The zero-order chi connectivity index (χ0) is 40.8. The Hall–Kier alpha value is -7.66. The number of hydrogen-bond acceptors (Lipinski definition) is 4. The molecule has 0 fully saturated rings. The molecule has 4 heteroatoms. The van der Waals surface area contributed by atoms with Gasteiger partial charge in [-0.2, -0.15) is 0 Å². The minimum absolute atomic E-state index is 0.472. The van der Waals surface area contributed by atoms with E-state index < -0.39 is 5.41 Å². The van der Waals surface area contributed by atoms with Gasteiger partial charge < -0.3 is 0 Å². The predicted octanol–water partition coefficient (Wildman–Crippen LogP) is 14.8. The fourth-order valence-electron chi connectivity index (χ4n) is 10.2. The average Bonchev–Trinajstić information content (AvgIpc) is 3.64. The van der Waals surface area contributed by atoms with E-state index in [9.17, 15) is 0 Å². The lowest BCUT2D eigenvalue weighted by Gasteiger charge is -2.40. The maximum atomic E-state index is 5.46. The van der Waals surface area contributed by atoms with Crippen molar-refractivity contribution in [1.29, 1.82) is 0 Å². The number of aromatic nitrogens is 3. The Labute approximate surface area is 363 Å². The highest BCUT2D eigenvalue weighted by Crippen LogP contribution is 2.63. The maximum Gasteiger partial charge on any atom is 0.160 e.